The average Bonchev–Trinajstić information content (AvgIpc) is 2.82. The van der Waals surface area contributed by atoms with Gasteiger partial charge < -0.3 is 15.3 Å². The van der Waals surface area contributed by atoms with Gasteiger partial charge in [-0.2, -0.15) is 0 Å². The van der Waals surface area contributed by atoms with Crippen LogP contribution in [-0.2, 0) is 0 Å². The van der Waals surface area contributed by atoms with Gasteiger partial charge in [-0.3, -0.25) is 0 Å². The monoisotopic (exact) mass is 312 g/mol. The summed E-state index contributed by atoms with van der Waals surface area (Å²) in [6.07, 6.45) is 1.83. The Bertz CT molecular complexity index is 451. The molecule has 0 saturated carbocycles. The first-order valence-corrected chi connectivity index (χ1v) is 6.85. The van der Waals surface area contributed by atoms with Crippen LogP contribution in [0.4, 0.5) is 10.5 Å². The lowest BCUT2D eigenvalue weighted by Crippen LogP contribution is -2.40. The van der Waals surface area contributed by atoms with E-state index >= 15 is 0 Å². The highest BCUT2D eigenvalue weighted by Crippen LogP contribution is 2.22. The fourth-order valence-corrected chi connectivity index (χ4v) is 2.46. The molecule has 0 aromatic heterocycles. The van der Waals surface area contributed by atoms with E-state index in [2.05, 4.69) is 21.2 Å². The molecule has 0 radical (unpaired) electrons. The molecule has 2 rings (SSSR count). The van der Waals surface area contributed by atoms with Crippen molar-refractivity contribution in [1.29, 1.82) is 0 Å². The van der Waals surface area contributed by atoms with Gasteiger partial charge in [-0.05, 0) is 43.5 Å². The molecule has 1 aliphatic heterocycles. The molecule has 0 spiro atoms. The van der Waals surface area contributed by atoms with Crippen LogP contribution in [0.2, 0.25) is 0 Å². The number of aliphatic hydroxyl groups excluding tert-OH is 1. The lowest BCUT2D eigenvalue weighted by molar-refractivity contribution is 0.166. The maximum atomic E-state index is 12.1. The molecule has 1 saturated heterocycles. The highest BCUT2D eigenvalue weighted by molar-refractivity contribution is 9.10. The van der Waals surface area contributed by atoms with E-state index < -0.39 is 0 Å². The largest absolute Gasteiger partial charge is 0.394 e. The van der Waals surface area contributed by atoms with Gasteiger partial charge in [0.05, 0.1) is 12.6 Å². The van der Waals surface area contributed by atoms with E-state index in [0.29, 0.717) is 6.54 Å². The molecule has 0 bridgehead atoms. The number of benzene rings is 1. The number of anilines is 1. The van der Waals surface area contributed by atoms with E-state index in [1.807, 2.05) is 25.1 Å². The average molecular weight is 313 g/mol. The first-order chi connectivity index (χ1) is 8.61. The minimum atomic E-state index is -0.131. The second-order valence-electron chi connectivity index (χ2n) is 4.57. The Morgan fingerprint density at radius 1 is 1.61 bits per heavy atom. The number of carbonyl (C=O) groups is 1. The van der Waals surface area contributed by atoms with Gasteiger partial charge in [-0.15, -0.1) is 0 Å². The smallest absolute Gasteiger partial charge is 0.322 e. The summed E-state index contributed by atoms with van der Waals surface area (Å²) in [6, 6.07) is 5.53. The van der Waals surface area contributed by atoms with Crippen molar-refractivity contribution >= 4 is 27.6 Å². The summed E-state index contributed by atoms with van der Waals surface area (Å²) in [5.41, 5.74) is 1.86. The molecule has 1 aromatic rings. The number of hydrogen-bond donors (Lipinski definition) is 2. The molecule has 1 atom stereocenters. The molecule has 98 valence electrons. The molecule has 0 unspecified atom stereocenters. The summed E-state index contributed by atoms with van der Waals surface area (Å²) in [7, 11) is 0. The van der Waals surface area contributed by atoms with Crippen LogP contribution in [-0.4, -0.2) is 35.2 Å². The molecule has 4 nitrogen and oxygen atoms in total. The number of halogens is 1. The Labute approximate surface area is 115 Å². The van der Waals surface area contributed by atoms with Crippen molar-refractivity contribution in [3.63, 3.8) is 0 Å². The van der Waals surface area contributed by atoms with E-state index in [4.69, 9.17) is 0 Å². The number of nitrogens with zero attached hydrogens (tertiary/aromatic N) is 1. The highest BCUT2D eigenvalue weighted by atomic mass is 79.9. The van der Waals surface area contributed by atoms with Gasteiger partial charge in [0.25, 0.3) is 0 Å². The van der Waals surface area contributed by atoms with Crippen LogP contribution in [0.3, 0.4) is 0 Å². The van der Waals surface area contributed by atoms with E-state index in [1.54, 1.807) is 4.90 Å². The third-order valence-electron chi connectivity index (χ3n) is 3.26. The van der Waals surface area contributed by atoms with Gasteiger partial charge >= 0.3 is 6.03 Å². The van der Waals surface area contributed by atoms with E-state index in [-0.39, 0.29) is 18.7 Å². The summed E-state index contributed by atoms with van der Waals surface area (Å²) >= 11 is 3.43. The Morgan fingerprint density at radius 2 is 2.39 bits per heavy atom. The predicted molar refractivity (Wildman–Crippen MR) is 74.7 cm³/mol. The van der Waals surface area contributed by atoms with Crippen molar-refractivity contribution in [2.45, 2.75) is 25.8 Å². The Balaban J connectivity index is 2.04. The summed E-state index contributed by atoms with van der Waals surface area (Å²) in [4.78, 5) is 13.8. The van der Waals surface area contributed by atoms with Crippen molar-refractivity contribution in [3.05, 3.63) is 28.2 Å². The Morgan fingerprint density at radius 3 is 3.06 bits per heavy atom. The Hall–Kier alpha value is -1.07. The van der Waals surface area contributed by atoms with Crippen LogP contribution in [0.5, 0.6) is 0 Å². The van der Waals surface area contributed by atoms with Gasteiger partial charge in [0.1, 0.15) is 0 Å². The van der Waals surface area contributed by atoms with Crippen LogP contribution >= 0.6 is 15.9 Å². The summed E-state index contributed by atoms with van der Waals surface area (Å²) in [5, 5.41) is 12.1. The van der Waals surface area contributed by atoms with Crippen molar-refractivity contribution in [2.75, 3.05) is 18.5 Å². The van der Waals surface area contributed by atoms with Crippen LogP contribution in [0, 0.1) is 6.92 Å². The SMILES string of the molecule is Cc1cc(NC(=O)N2CCC[C@H]2CO)ccc1Br. The summed E-state index contributed by atoms with van der Waals surface area (Å²) in [5.74, 6) is 0. The van der Waals surface area contributed by atoms with Crippen LogP contribution in [0.15, 0.2) is 22.7 Å². The maximum absolute atomic E-state index is 12.1. The highest BCUT2D eigenvalue weighted by Gasteiger charge is 2.27. The first kappa shape index (κ1) is 13.4. The van der Waals surface area contributed by atoms with Gasteiger partial charge in [-0.25, -0.2) is 4.79 Å². The maximum Gasteiger partial charge on any atom is 0.322 e. The molecule has 2 amide bonds. The number of nitrogens with one attached hydrogen (secondary N) is 1. The van der Waals surface area contributed by atoms with Crippen molar-refractivity contribution < 1.29 is 9.90 Å². The van der Waals surface area contributed by atoms with Crippen LogP contribution < -0.4 is 5.32 Å². The summed E-state index contributed by atoms with van der Waals surface area (Å²) < 4.78 is 1.02. The minimum Gasteiger partial charge on any atom is -0.394 e. The molecule has 18 heavy (non-hydrogen) atoms. The minimum absolute atomic E-state index is 0.0345. The normalized spacial score (nSPS) is 19.1. The number of likely N-dealkylation sites (tertiary alicyclic amines) is 1. The first-order valence-electron chi connectivity index (χ1n) is 6.06. The van der Waals surface area contributed by atoms with Crippen molar-refractivity contribution in [2.24, 2.45) is 0 Å². The fraction of sp³-hybridized carbons (Fsp3) is 0.462. The number of carbonyl (C=O) groups excluding carboxylic acids is 1. The standard InChI is InChI=1S/C13H17BrN2O2/c1-9-7-10(4-5-12(9)14)15-13(18)16-6-2-3-11(16)8-17/h4-5,7,11,17H,2-3,6,8H2,1H3,(H,15,18)/t11-/m0/s1. The second-order valence-corrected chi connectivity index (χ2v) is 5.42. The van der Waals surface area contributed by atoms with Crippen LogP contribution in [0.25, 0.3) is 0 Å². The third-order valence-corrected chi connectivity index (χ3v) is 4.15. The van der Waals surface area contributed by atoms with E-state index in [9.17, 15) is 9.90 Å². The lowest BCUT2D eigenvalue weighted by atomic mass is 10.2. The molecular formula is C13H17BrN2O2. The van der Waals surface area contributed by atoms with Gasteiger partial charge in [0.15, 0.2) is 0 Å². The van der Waals surface area contributed by atoms with E-state index in [1.165, 1.54) is 0 Å². The fourth-order valence-electron chi connectivity index (χ4n) is 2.21. The molecule has 1 aliphatic rings. The number of hydrogen-bond acceptors (Lipinski definition) is 2. The summed E-state index contributed by atoms with van der Waals surface area (Å²) in [6.45, 7) is 2.73. The van der Waals surface area contributed by atoms with Crippen molar-refractivity contribution in [1.82, 2.24) is 4.90 Å². The zero-order valence-electron chi connectivity index (χ0n) is 10.3. The third kappa shape index (κ3) is 2.84. The zero-order valence-corrected chi connectivity index (χ0v) is 11.9. The van der Waals surface area contributed by atoms with Crippen LogP contribution in [0.1, 0.15) is 18.4 Å². The number of amides is 2. The second kappa shape index (κ2) is 5.71. The van der Waals surface area contributed by atoms with Gasteiger partial charge in [-0.1, -0.05) is 15.9 Å². The number of aliphatic hydroxyl groups is 1. The molecule has 0 aliphatic carbocycles. The number of urea groups is 1. The molecule has 2 N–H and O–H groups in total. The van der Waals surface area contributed by atoms with Gasteiger partial charge in [0, 0.05) is 16.7 Å². The molecule has 5 heteroatoms. The molecule has 1 aromatic carbocycles. The zero-order chi connectivity index (χ0) is 13.1. The molecular weight excluding hydrogens is 296 g/mol. The lowest BCUT2D eigenvalue weighted by Gasteiger charge is -2.23. The Kier molecular flexibility index (Phi) is 4.24. The number of rotatable bonds is 2. The number of aryl methyl sites for hydroxylation is 1. The van der Waals surface area contributed by atoms with Gasteiger partial charge in [0.2, 0.25) is 0 Å². The molecule has 1 heterocycles. The van der Waals surface area contributed by atoms with E-state index in [0.717, 1.165) is 28.6 Å². The quantitative estimate of drug-likeness (QED) is 0.882. The predicted octanol–water partition coefficient (Wildman–Crippen LogP) is 2.75. The van der Waals surface area contributed by atoms with Crippen molar-refractivity contribution in [3.8, 4) is 0 Å². The molecule has 1 fully saturated rings. The topological polar surface area (TPSA) is 52.6 Å².